The lowest BCUT2D eigenvalue weighted by Crippen LogP contribution is -2.33. The zero-order valence-corrected chi connectivity index (χ0v) is 15.3. The molecule has 0 aromatic heterocycles. The van der Waals surface area contributed by atoms with Crippen LogP contribution in [0.2, 0.25) is 0 Å². The molecule has 2 fully saturated rings. The summed E-state index contributed by atoms with van der Waals surface area (Å²) in [5.74, 6) is 0.227. The Morgan fingerprint density at radius 3 is 2.76 bits per heavy atom. The SMILES string of the molecule is O=CC[C@@H]1[C@@H](COCc2ccccc2)[C@H](OC2CCCCO2)C[C@H]1Cl. The van der Waals surface area contributed by atoms with Gasteiger partial charge in [0.05, 0.1) is 19.3 Å². The van der Waals surface area contributed by atoms with E-state index in [4.69, 9.17) is 25.8 Å². The molecule has 2 aliphatic rings. The summed E-state index contributed by atoms with van der Waals surface area (Å²) in [7, 11) is 0. The van der Waals surface area contributed by atoms with E-state index in [0.717, 1.165) is 44.1 Å². The first-order valence-corrected chi connectivity index (χ1v) is 9.68. The highest BCUT2D eigenvalue weighted by Crippen LogP contribution is 2.40. The molecule has 5 heteroatoms. The highest BCUT2D eigenvalue weighted by atomic mass is 35.5. The Balaban J connectivity index is 1.58. The van der Waals surface area contributed by atoms with Gasteiger partial charge in [0.25, 0.3) is 0 Å². The van der Waals surface area contributed by atoms with E-state index in [0.29, 0.717) is 19.6 Å². The van der Waals surface area contributed by atoms with Crippen LogP contribution in [0.4, 0.5) is 0 Å². The van der Waals surface area contributed by atoms with Gasteiger partial charge in [-0.1, -0.05) is 30.3 Å². The Bertz CT molecular complexity index is 518. The Labute approximate surface area is 154 Å². The summed E-state index contributed by atoms with van der Waals surface area (Å²) in [5, 5.41) is -0.0517. The lowest BCUT2D eigenvalue weighted by molar-refractivity contribution is -0.199. The molecule has 0 amide bonds. The molecule has 1 saturated carbocycles. The first-order valence-electron chi connectivity index (χ1n) is 9.24. The molecule has 1 heterocycles. The van der Waals surface area contributed by atoms with Crippen molar-refractivity contribution in [3.05, 3.63) is 35.9 Å². The minimum Gasteiger partial charge on any atom is -0.376 e. The van der Waals surface area contributed by atoms with Crippen LogP contribution in [0, 0.1) is 11.8 Å². The number of halogens is 1. The van der Waals surface area contributed by atoms with Crippen molar-refractivity contribution in [2.45, 2.75) is 56.5 Å². The molecule has 0 radical (unpaired) electrons. The van der Waals surface area contributed by atoms with Gasteiger partial charge >= 0.3 is 0 Å². The summed E-state index contributed by atoms with van der Waals surface area (Å²) in [6.07, 6.45) is 5.18. The fraction of sp³-hybridized carbons (Fsp3) is 0.650. The first kappa shape index (κ1) is 18.8. The molecule has 138 valence electrons. The van der Waals surface area contributed by atoms with Crippen LogP contribution >= 0.6 is 11.6 Å². The molecule has 1 aliphatic carbocycles. The molecule has 25 heavy (non-hydrogen) atoms. The maximum absolute atomic E-state index is 11.1. The summed E-state index contributed by atoms with van der Waals surface area (Å²) >= 11 is 6.52. The lowest BCUT2D eigenvalue weighted by Gasteiger charge is -2.30. The molecular weight excluding hydrogens is 340 g/mol. The average Bonchev–Trinajstić information content (AvgIpc) is 2.92. The molecule has 0 N–H and O–H groups in total. The van der Waals surface area contributed by atoms with Gasteiger partial charge in [0.2, 0.25) is 0 Å². The number of aldehydes is 1. The predicted molar refractivity (Wildman–Crippen MR) is 96.5 cm³/mol. The number of rotatable bonds is 8. The van der Waals surface area contributed by atoms with Gasteiger partial charge < -0.3 is 19.0 Å². The van der Waals surface area contributed by atoms with Gasteiger partial charge in [-0.15, -0.1) is 11.6 Å². The molecule has 1 aliphatic heterocycles. The van der Waals surface area contributed by atoms with Crippen molar-refractivity contribution >= 4 is 17.9 Å². The summed E-state index contributed by atoms with van der Waals surface area (Å²) in [6, 6.07) is 10.1. The minimum atomic E-state index is -0.144. The molecule has 3 rings (SSSR count). The molecule has 1 aromatic carbocycles. The molecule has 1 unspecified atom stereocenters. The van der Waals surface area contributed by atoms with Crippen molar-refractivity contribution in [2.75, 3.05) is 13.2 Å². The third kappa shape index (κ3) is 5.27. The first-order chi connectivity index (χ1) is 12.3. The summed E-state index contributed by atoms with van der Waals surface area (Å²) in [5.41, 5.74) is 1.14. The summed E-state index contributed by atoms with van der Waals surface area (Å²) in [6.45, 7) is 1.87. The zero-order chi connectivity index (χ0) is 17.5. The standard InChI is InChI=1S/C20H27ClO4/c21-18-12-19(25-20-8-4-5-11-24-20)17(16(18)9-10-22)14-23-13-15-6-2-1-3-7-15/h1-3,6-7,10,16-20H,4-5,8-9,11-14H2/t16-,17-,18-,19-,20?/m1/s1. The van der Waals surface area contributed by atoms with Gasteiger partial charge in [-0.3, -0.25) is 0 Å². The Hall–Kier alpha value is -0.940. The molecule has 0 spiro atoms. The number of benzene rings is 1. The Morgan fingerprint density at radius 1 is 1.20 bits per heavy atom. The highest BCUT2D eigenvalue weighted by molar-refractivity contribution is 6.21. The molecule has 1 aromatic rings. The second-order valence-corrected chi connectivity index (χ2v) is 7.51. The second-order valence-electron chi connectivity index (χ2n) is 6.95. The molecular formula is C20H27ClO4. The van der Waals surface area contributed by atoms with Gasteiger partial charge in [0, 0.05) is 24.3 Å². The van der Waals surface area contributed by atoms with E-state index in [2.05, 4.69) is 0 Å². The number of ether oxygens (including phenoxy) is 3. The third-order valence-corrected chi connectivity index (χ3v) is 5.71. The van der Waals surface area contributed by atoms with Crippen molar-refractivity contribution in [3.8, 4) is 0 Å². The fourth-order valence-electron chi connectivity index (χ4n) is 3.84. The van der Waals surface area contributed by atoms with E-state index < -0.39 is 0 Å². The Kier molecular flexibility index (Phi) is 7.29. The van der Waals surface area contributed by atoms with Crippen LogP contribution in [0.1, 0.15) is 37.7 Å². The lowest BCUT2D eigenvalue weighted by atomic mass is 9.93. The van der Waals surface area contributed by atoms with E-state index >= 15 is 0 Å². The van der Waals surface area contributed by atoms with Gasteiger partial charge in [-0.2, -0.15) is 0 Å². The van der Waals surface area contributed by atoms with Gasteiger partial charge in [0.15, 0.2) is 6.29 Å². The predicted octanol–water partition coefficient (Wildman–Crippen LogP) is 3.95. The van der Waals surface area contributed by atoms with Gasteiger partial charge in [-0.05, 0) is 37.2 Å². The van der Waals surface area contributed by atoms with E-state index in [-0.39, 0.29) is 29.6 Å². The summed E-state index contributed by atoms with van der Waals surface area (Å²) < 4.78 is 17.9. The number of carbonyl (C=O) groups excluding carboxylic acids is 1. The summed E-state index contributed by atoms with van der Waals surface area (Å²) in [4.78, 5) is 11.1. The monoisotopic (exact) mass is 366 g/mol. The van der Waals surface area contributed by atoms with Crippen LogP contribution in [0.3, 0.4) is 0 Å². The van der Waals surface area contributed by atoms with Crippen LogP contribution in [0.5, 0.6) is 0 Å². The van der Waals surface area contributed by atoms with Crippen molar-refractivity contribution < 1.29 is 19.0 Å². The van der Waals surface area contributed by atoms with E-state index in [9.17, 15) is 4.79 Å². The number of carbonyl (C=O) groups is 1. The maximum atomic E-state index is 11.1. The van der Waals surface area contributed by atoms with E-state index in [1.54, 1.807) is 0 Å². The fourth-order valence-corrected chi connectivity index (χ4v) is 4.30. The van der Waals surface area contributed by atoms with Crippen LogP contribution < -0.4 is 0 Å². The maximum Gasteiger partial charge on any atom is 0.157 e. The average molecular weight is 367 g/mol. The molecule has 5 atom stereocenters. The van der Waals surface area contributed by atoms with Crippen LogP contribution in [-0.2, 0) is 25.6 Å². The molecule has 0 bridgehead atoms. The van der Waals surface area contributed by atoms with Crippen molar-refractivity contribution in [2.24, 2.45) is 11.8 Å². The zero-order valence-electron chi connectivity index (χ0n) is 14.5. The second kappa shape index (κ2) is 9.67. The Morgan fingerprint density at radius 2 is 2.04 bits per heavy atom. The quantitative estimate of drug-likeness (QED) is 0.516. The van der Waals surface area contributed by atoms with Gasteiger partial charge in [0.1, 0.15) is 6.29 Å². The van der Waals surface area contributed by atoms with Crippen LogP contribution in [0.15, 0.2) is 30.3 Å². The third-order valence-electron chi connectivity index (χ3n) is 5.20. The topological polar surface area (TPSA) is 44.8 Å². The van der Waals surface area contributed by atoms with E-state index in [1.807, 2.05) is 30.3 Å². The van der Waals surface area contributed by atoms with E-state index in [1.165, 1.54) is 0 Å². The number of alkyl halides is 1. The van der Waals surface area contributed by atoms with Crippen molar-refractivity contribution in [1.82, 2.24) is 0 Å². The molecule has 1 saturated heterocycles. The minimum absolute atomic E-state index is 0.00803. The smallest absolute Gasteiger partial charge is 0.157 e. The number of hydrogen-bond acceptors (Lipinski definition) is 4. The van der Waals surface area contributed by atoms with Crippen LogP contribution in [0.25, 0.3) is 0 Å². The normalized spacial score (nSPS) is 32.6. The van der Waals surface area contributed by atoms with Gasteiger partial charge in [-0.25, -0.2) is 0 Å². The van der Waals surface area contributed by atoms with Crippen LogP contribution in [-0.4, -0.2) is 37.3 Å². The molecule has 4 nitrogen and oxygen atoms in total. The number of hydrogen-bond donors (Lipinski definition) is 0. The largest absolute Gasteiger partial charge is 0.376 e. The highest BCUT2D eigenvalue weighted by Gasteiger charge is 2.44. The van der Waals surface area contributed by atoms with Crippen molar-refractivity contribution in [1.29, 1.82) is 0 Å². The van der Waals surface area contributed by atoms with Crippen molar-refractivity contribution in [3.63, 3.8) is 0 Å².